The van der Waals surface area contributed by atoms with Gasteiger partial charge >= 0.3 is 6.03 Å². The molecule has 0 spiro atoms. The van der Waals surface area contributed by atoms with E-state index in [1.807, 2.05) is 30.4 Å². The normalized spacial score (nSPS) is 14.5. The molecule has 0 bridgehead atoms. The summed E-state index contributed by atoms with van der Waals surface area (Å²) in [5, 5.41) is 7.22. The first kappa shape index (κ1) is 22.2. The smallest absolute Gasteiger partial charge is 0.319 e. The Kier molecular flexibility index (Phi) is 6.72. The molecule has 32 heavy (non-hydrogen) atoms. The van der Waals surface area contributed by atoms with E-state index in [1.165, 1.54) is 21.0 Å². The minimum atomic E-state index is -0.266. The van der Waals surface area contributed by atoms with E-state index in [0.717, 1.165) is 26.1 Å². The second-order valence-corrected chi connectivity index (χ2v) is 8.94. The van der Waals surface area contributed by atoms with Crippen molar-refractivity contribution in [1.29, 1.82) is 0 Å². The summed E-state index contributed by atoms with van der Waals surface area (Å²) >= 11 is 1.82. The fraction of sp³-hybridized carbons (Fsp3) is 0.375. The molecular formula is C24H30N4O3S. The molecule has 2 aromatic heterocycles. The molecule has 1 aliphatic rings. The van der Waals surface area contributed by atoms with Crippen molar-refractivity contribution in [2.24, 2.45) is 0 Å². The van der Waals surface area contributed by atoms with Crippen molar-refractivity contribution in [1.82, 2.24) is 14.8 Å². The van der Waals surface area contributed by atoms with Crippen LogP contribution in [-0.2, 0) is 13.0 Å². The van der Waals surface area contributed by atoms with Crippen molar-refractivity contribution >= 4 is 23.1 Å². The van der Waals surface area contributed by atoms with Crippen LogP contribution in [0, 0.1) is 0 Å². The number of thiophene rings is 1. The van der Waals surface area contributed by atoms with Crippen molar-refractivity contribution < 1.29 is 14.3 Å². The van der Waals surface area contributed by atoms with Crippen LogP contribution in [0.5, 0.6) is 11.5 Å². The Bertz CT molecular complexity index is 1060. The number of nitrogens with one attached hydrogen (secondary N) is 2. The fourth-order valence-corrected chi connectivity index (χ4v) is 5.61. The number of urea groups is 1. The standard InChI is InChI=1S/C24H30N4O3S/c1-5-27-11-8-20-21(15-27)32-23(28-9-6-7-10-28)22(20)16(2)25-24(29)26-17-12-18(30-3)14-19(13-17)31-4/h6-7,9-10,12-14,16H,5,8,11,15H2,1-4H3,(H2,25,26,29)/t16-/m1/s1. The number of ether oxygens (including phenoxy) is 2. The minimum absolute atomic E-state index is 0.145. The van der Waals surface area contributed by atoms with Crippen LogP contribution >= 0.6 is 11.3 Å². The van der Waals surface area contributed by atoms with Crippen LogP contribution in [-0.4, -0.2) is 42.8 Å². The zero-order valence-electron chi connectivity index (χ0n) is 19.0. The van der Waals surface area contributed by atoms with Gasteiger partial charge in [0, 0.05) is 59.8 Å². The van der Waals surface area contributed by atoms with E-state index in [9.17, 15) is 4.79 Å². The Labute approximate surface area is 192 Å². The van der Waals surface area contributed by atoms with Gasteiger partial charge in [-0.05, 0) is 37.6 Å². The Morgan fingerprint density at radius 1 is 1.16 bits per heavy atom. The molecular weight excluding hydrogens is 424 g/mol. The highest BCUT2D eigenvalue weighted by Gasteiger charge is 2.28. The number of aromatic nitrogens is 1. The van der Waals surface area contributed by atoms with Gasteiger partial charge in [-0.25, -0.2) is 4.79 Å². The largest absolute Gasteiger partial charge is 0.497 e. The second kappa shape index (κ2) is 9.67. The number of hydrogen-bond acceptors (Lipinski definition) is 5. The summed E-state index contributed by atoms with van der Waals surface area (Å²) in [6.45, 7) is 7.31. The number of rotatable bonds is 7. The summed E-state index contributed by atoms with van der Waals surface area (Å²) in [7, 11) is 3.17. The highest BCUT2D eigenvalue weighted by atomic mass is 32.1. The lowest BCUT2D eigenvalue weighted by molar-refractivity contribution is 0.249. The number of hydrogen-bond donors (Lipinski definition) is 2. The van der Waals surface area contributed by atoms with E-state index in [-0.39, 0.29) is 12.1 Å². The van der Waals surface area contributed by atoms with Gasteiger partial charge in [0.2, 0.25) is 0 Å². The molecule has 0 fully saturated rings. The molecule has 8 heteroatoms. The monoisotopic (exact) mass is 454 g/mol. The summed E-state index contributed by atoms with van der Waals surface area (Å²) in [5.41, 5.74) is 3.19. The lowest BCUT2D eigenvalue weighted by atomic mass is 9.98. The zero-order valence-corrected chi connectivity index (χ0v) is 19.8. The van der Waals surface area contributed by atoms with E-state index in [4.69, 9.17) is 9.47 Å². The van der Waals surface area contributed by atoms with Crippen LogP contribution in [0.15, 0.2) is 42.7 Å². The zero-order chi connectivity index (χ0) is 22.7. The van der Waals surface area contributed by atoms with E-state index in [1.54, 1.807) is 32.4 Å². The molecule has 0 saturated carbocycles. The fourth-order valence-electron chi connectivity index (χ4n) is 4.16. The van der Waals surface area contributed by atoms with Crippen LogP contribution < -0.4 is 20.1 Å². The molecule has 0 unspecified atom stereocenters. The third-order valence-electron chi connectivity index (χ3n) is 5.83. The third kappa shape index (κ3) is 4.61. The van der Waals surface area contributed by atoms with Crippen molar-refractivity contribution in [3.05, 3.63) is 58.7 Å². The molecule has 2 amide bonds. The minimum Gasteiger partial charge on any atom is -0.497 e. The molecule has 1 aromatic carbocycles. The molecule has 7 nitrogen and oxygen atoms in total. The van der Waals surface area contributed by atoms with Gasteiger partial charge in [-0.1, -0.05) is 6.92 Å². The first-order valence-corrected chi connectivity index (χ1v) is 11.6. The third-order valence-corrected chi connectivity index (χ3v) is 7.08. The number of methoxy groups -OCH3 is 2. The topological polar surface area (TPSA) is 67.8 Å². The van der Waals surface area contributed by atoms with Gasteiger partial charge in [0.25, 0.3) is 0 Å². The molecule has 0 saturated heterocycles. The lowest BCUT2D eigenvalue weighted by Gasteiger charge is -2.26. The van der Waals surface area contributed by atoms with Gasteiger partial charge < -0.3 is 24.7 Å². The molecule has 2 N–H and O–H groups in total. The first-order chi connectivity index (χ1) is 15.5. The Morgan fingerprint density at radius 3 is 2.47 bits per heavy atom. The maximum absolute atomic E-state index is 12.9. The van der Waals surface area contributed by atoms with Crippen molar-refractivity contribution in [2.75, 3.05) is 32.6 Å². The van der Waals surface area contributed by atoms with E-state index >= 15 is 0 Å². The molecule has 0 aliphatic carbocycles. The maximum atomic E-state index is 12.9. The van der Waals surface area contributed by atoms with Gasteiger partial charge in [-0.2, -0.15) is 0 Å². The van der Waals surface area contributed by atoms with Crippen LogP contribution in [0.25, 0.3) is 5.00 Å². The van der Waals surface area contributed by atoms with Gasteiger partial charge in [0.05, 0.1) is 20.3 Å². The van der Waals surface area contributed by atoms with Gasteiger partial charge in [-0.15, -0.1) is 11.3 Å². The molecule has 1 aliphatic heterocycles. The number of nitrogens with zero attached hydrogens (tertiary/aromatic N) is 2. The summed E-state index contributed by atoms with van der Waals surface area (Å²) in [6.07, 6.45) is 5.12. The molecule has 0 radical (unpaired) electrons. The molecule has 3 aromatic rings. The first-order valence-electron chi connectivity index (χ1n) is 10.8. The highest BCUT2D eigenvalue weighted by Crippen LogP contribution is 2.39. The Balaban J connectivity index is 1.57. The van der Waals surface area contributed by atoms with Gasteiger partial charge in [-0.3, -0.25) is 4.90 Å². The number of amides is 2. The Hall–Kier alpha value is -2.97. The van der Waals surface area contributed by atoms with Crippen molar-refractivity contribution in [2.45, 2.75) is 32.9 Å². The lowest BCUT2D eigenvalue weighted by Crippen LogP contribution is -2.33. The molecule has 4 rings (SSSR count). The van der Waals surface area contributed by atoms with E-state index < -0.39 is 0 Å². The number of fused-ring (bicyclic) bond motifs is 1. The second-order valence-electron chi connectivity index (χ2n) is 7.85. The number of likely N-dealkylation sites (N-methyl/N-ethyl adjacent to an activating group) is 1. The molecule has 1 atom stereocenters. The van der Waals surface area contributed by atoms with E-state index in [0.29, 0.717) is 17.2 Å². The number of anilines is 1. The van der Waals surface area contributed by atoms with Crippen molar-refractivity contribution in [3.63, 3.8) is 0 Å². The van der Waals surface area contributed by atoms with Gasteiger partial charge in [0.1, 0.15) is 16.5 Å². The average molecular weight is 455 g/mol. The van der Waals surface area contributed by atoms with Crippen LogP contribution in [0.4, 0.5) is 10.5 Å². The highest BCUT2D eigenvalue weighted by molar-refractivity contribution is 7.15. The van der Waals surface area contributed by atoms with Crippen molar-refractivity contribution in [3.8, 4) is 16.5 Å². The molecule has 3 heterocycles. The van der Waals surface area contributed by atoms with Crippen LogP contribution in [0.3, 0.4) is 0 Å². The number of benzene rings is 1. The Morgan fingerprint density at radius 2 is 1.84 bits per heavy atom. The number of carbonyl (C=O) groups is 1. The number of carbonyl (C=O) groups excluding carboxylic acids is 1. The van der Waals surface area contributed by atoms with E-state index in [2.05, 4.69) is 39.4 Å². The summed E-state index contributed by atoms with van der Waals surface area (Å²) in [6, 6.07) is 8.95. The average Bonchev–Trinajstić information content (AvgIpc) is 3.45. The summed E-state index contributed by atoms with van der Waals surface area (Å²) in [4.78, 5) is 16.7. The van der Waals surface area contributed by atoms with Crippen LogP contribution in [0.1, 0.15) is 35.9 Å². The quantitative estimate of drug-likeness (QED) is 0.537. The SMILES string of the molecule is CCN1CCc2c(sc(-n3cccc3)c2[C@@H](C)NC(=O)Nc2cc(OC)cc(OC)c2)C1. The predicted molar refractivity (Wildman–Crippen MR) is 128 cm³/mol. The van der Waals surface area contributed by atoms with Crippen LogP contribution in [0.2, 0.25) is 0 Å². The molecule has 170 valence electrons. The summed E-state index contributed by atoms with van der Waals surface area (Å²) < 4.78 is 12.7. The predicted octanol–water partition coefficient (Wildman–Crippen LogP) is 4.82. The van der Waals surface area contributed by atoms with Gasteiger partial charge in [0.15, 0.2) is 0 Å². The maximum Gasteiger partial charge on any atom is 0.319 e. The summed E-state index contributed by atoms with van der Waals surface area (Å²) in [5.74, 6) is 1.24.